The third-order valence-electron chi connectivity index (χ3n) is 2.54. The largest absolute Gasteiger partial charge is 1.00 e. The molecule has 0 saturated carbocycles. The summed E-state index contributed by atoms with van der Waals surface area (Å²) < 4.78 is 4.35. The molecule has 0 atom stereocenters. The molecule has 0 unspecified atom stereocenters. The summed E-state index contributed by atoms with van der Waals surface area (Å²) in [6, 6.07) is 9.73. The summed E-state index contributed by atoms with van der Waals surface area (Å²) in [5, 5.41) is 12.5. The van der Waals surface area contributed by atoms with Crippen LogP contribution in [0.25, 0.3) is 0 Å². The summed E-state index contributed by atoms with van der Waals surface area (Å²) in [6.45, 7) is 1.55. The molecule has 0 fully saturated rings. The number of nitrogens with one attached hydrogen (secondary N) is 2. The smallest absolute Gasteiger partial charge is 0.277 e. The van der Waals surface area contributed by atoms with Crippen LogP contribution in [0.5, 0.6) is 0 Å². The van der Waals surface area contributed by atoms with Gasteiger partial charge in [0.25, 0.3) is 5.91 Å². The second-order valence-electron chi connectivity index (χ2n) is 4.10. The van der Waals surface area contributed by atoms with Crippen LogP contribution in [0, 0.1) is 11.8 Å². The average molecular weight is 321 g/mol. The van der Waals surface area contributed by atoms with Crippen LogP contribution in [-0.4, -0.2) is 35.9 Å². The number of halogens is 1. The van der Waals surface area contributed by atoms with Crippen LogP contribution in [0.1, 0.15) is 16.1 Å². The van der Waals surface area contributed by atoms with Gasteiger partial charge in [0.2, 0.25) is 11.5 Å². The fourth-order valence-corrected chi connectivity index (χ4v) is 1.52. The number of anilines is 1. The minimum atomic E-state index is -0.411. The molecule has 0 radical (unpaired) electrons. The van der Waals surface area contributed by atoms with Crippen LogP contribution in [-0.2, 0) is 0 Å². The van der Waals surface area contributed by atoms with Gasteiger partial charge in [-0.05, 0) is 22.4 Å². The van der Waals surface area contributed by atoms with Gasteiger partial charge in [0.1, 0.15) is 0 Å². The maximum Gasteiger partial charge on any atom is 0.277 e. The molecular formula is C14H15ClN5O2-. The third kappa shape index (κ3) is 5.44. The highest BCUT2D eigenvalue weighted by Crippen LogP contribution is 2.02. The molecule has 116 valence electrons. The predicted molar refractivity (Wildman–Crippen MR) is 77.2 cm³/mol. The molecule has 0 aliphatic rings. The Morgan fingerprint density at radius 2 is 2.00 bits per heavy atom. The number of hydrogen-bond acceptors (Lipinski definition) is 6. The number of nitrogens with zero attached hydrogens (tertiary/aromatic N) is 2. The van der Waals surface area contributed by atoms with Crippen molar-refractivity contribution in [3.8, 4) is 11.8 Å². The number of nitrogen functional groups attached to an aromatic ring is 1. The molecule has 8 heteroatoms. The molecule has 1 amide bonds. The number of carbonyl (C=O) groups excluding carboxylic acids is 1. The fraction of sp³-hybridized carbons (Fsp3) is 0.214. The van der Waals surface area contributed by atoms with Crippen LogP contribution >= 0.6 is 0 Å². The zero-order valence-electron chi connectivity index (χ0n) is 11.7. The van der Waals surface area contributed by atoms with Gasteiger partial charge in [-0.2, -0.15) is 0 Å². The van der Waals surface area contributed by atoms with Crippen molar-refractivity contribution in [3.05, 3.63) is 41.6 Å². The van der Waals surface area contributed by atoms with Crippen LogP contribution in [0.4, 0.5) is 5.82 Å². The van der Waals surface area contributed by atoms with Gasteiger partial charge in [-0.25, -0.2) is 4.63 Å². The summed E-state index contributed by atoms with van der Waals surface area (Å²) in [6.07, 6.45) is 0. The van der Waals surface area contributed by atoms with E-state index in [1.807, 2.05) is 30.3 Å². The van der Waals surface area contributed by atoms with Gasteiger partial charge >= 0.3 is 0 Å². The maximum atomic E-state index is 11.6. The Labute approximate surface area is 134 Å². The second kappa shape index (κ2) is 9.39. The molecule has 2 aromatic rings. The van der Waals surface area contributed by atoms with E-state index in [-0.39, 0.29) is 23.9 Å². The minimum Gasteiger partial charge on any atom is -1.00 e. The number of hydrogen-bond donors (Lipinski definition) is 3. The molecule has 2 rings (SSSR count). The zero-order valence-corrected chi connectivity index (χ0v) is 12.4. The minimum absolute atomic E-state index is 0. The molecule has 1 heterocycles. The van der Waals surface area contributed by atoms with E-state index in [4.69, 9.17) is 5.73 Å². The summed E-state index contributed by atoms with van der Waals surface area (Å²) in [5.41, 5.74) is 6.38. The van der Waals surface area contributed by atoms with E-state index >= 15 is 0 Å². The number of nitrogens with two attached hydrogens (primary N) is 1. The Bertz CT molecular complexity index is 648. The van der Waals surface area contributed by atoms with Crippen LogP contribution in [0.15, 0.2) is 35.0 Å². The van der Waals surface area contributed by atoms with Gasteiger partial charge in [-0.1, -0.05) is 30.0 Å². The first-order valence-corrected chi connectivity index (χ1v) is 6.38. The topological polar surface area (TPSA) is 106 Å². The van der Waals surface area contributed by atoms with E-state index in [1.54, 1.807) is 0 Å². The molecule has 22 heavy (non-hydrogen) atoms. The van der Waals surface area contributed by atoms with Gasteiger partial charge in [0.05, 0.1) is 6.54 Å². The van der Waals surface area contributed by atoms with Crippen molar-refractivity contribution in [2.45, 2.75) is 0 Å². The quantitative estimate of drug-likeness (QED) is 0.401. The molecule has 0 bridgehead atoms. The number of aromatic nitrogens is 2. The second-order valence-corrected chi connectivity index (χ2v) is 4.10. The molecule has 0 aliphatic heterocycles. The number of amides is 1. The van der Waals surface area contributed by atoms with Gasteiger partial charge in [0.15, 0.2) is 0 Å². The molecule has 0 spiro atoms. The van der Waals surface area contributed by atoms with Crippen molar-refractivity contribution in [1.29, 1.82) is 0 Å². The van der Waals surface area contributed by atoms with Crippen molar-refractivity contribution in [3.63, 3.8) is 0 Å². The van der Waals surface area contributed by atoms with Gasteiger partial charge in [-0.15, -0.1) is 0 Å². The van der Waals surface area contributed by atoms with Crippen molar-refractivity contribution < 1.29 is 21.8 Å². The number of carbonyl (C=O) groups is 1. The lowest BCUT2D eigenvalue weighted by molar-refractivity contribution is -0.0000132. The van der Waals surface area contributed by atoms with Crippen LogP contribution in [0.2, 0.25) is 0 Å². The molecule has 1 aromatic carbocycles. The SMILES string of the molecule is Nc1nonc1C(=O)NCCNCC#Cc1ccccc1.[Cl-]. The Morgan fingerprint density at radius 3 is 2.68 bits per heavy atom. The van der Waals surface area contributed by atoms with Gasteiger partial charge in [-0.3, -0.25) is 4.79 Å². The van der Waals surface area contributed by atoms with Gasteiger partial charge in [0, 0.05) is 18.7 Å². The zero-order chi connectivity index (χ0) is 14.9. The summed E-state index contributed by atoms with van der Waals surface area (Å²) in [4.78, 5) is 11.6. The maximum absolute atomic E-state index is 11.6. The summed E-state index contributed by atoms with van der Waals surface area (Å²) >= 11 is 0. The Kier molecular flexibility index (Phi) is 7.47. The van der Waals surface area contributed by atoms with Crippen molar-refractivity contribution in [2.75, 3.05) is 25.4 Å². The lowest BCUT2D eigenvalue weighted by atomic mass is 10.2. The Morgan fingerprint density at radius 1 is 1.23 bits per heavy atom. The molecule has 0 aliphatic carbocycles. The van der Waals surface area contributed by atoms with E-state index in [9.17, 15) is 4.79 Å². The normalized spacial score (nSPS) is 9.27. The van der Waals surface area contributed by atoms with Crippen molar-refractivity contribution in [1.82, 2.24) is 20.9 Å². The lowest BCUT2D eigenvalue weighted by Crippen LogP contribution is -3.00. The monoisotopic (exact) mass is 320 g/mol. The van der Waals surface area contributed by atoms with Gasteiger partial charge < -0.3 is 28.8 Å². The highest BCUT2D eigenvalue weighted by molar-refractivity contribution is 5.95. The van der Waals surface area contributed by atoms with E-state index in [1.165, 1.54) is 0 Å². The Balaban J connectivity index is 0.00000242. The fourth-order valence-electron chi connectivity index (χ4n) is 1.52. The average Bonchev–Trinajstić information content (AvgIpc) is 2.93. The molecular weight excluding hydrogens is 306 g/mol. The molecule has 0 saturated heterocycles. The first-order valence-electron chi connectivity index (χ1n) is 6.38. The first-order chi connectivity index (χ1) is 10.3. The van der Waals surface area contributed by atoms with E-state index in [2.05, 4.69) is 37.4 Å². The van der Waals surface area contributed by atoms with Crippen LogP contribution < -0.4 is 28.8 Å². The van der Waals surface area contributed by atoms with Crippen LogP contribution in [0.3, 0.4) is 0 Å². The lowest BCUT2D eigenvalue weighted by Gasteiger charge is -2.02. The predicted octanol–water partition coefficient (Wildman–Crippen LogP) is -2.97. The Hall–Kier alpha value is -2.56. The van der Waals surface area contributed by atoms with E-state index in [0.29, 0.717) is 19.6 Å². The van der Waals surface area contributed by atoms with E-state index in [0.717, 1.165) is 5.56 Å². The number of rotatable bonds is 5. The summed E-state index contributed by atoms with van der Waals surface area (Å²) in [5.74, 6) is 5.59. The van der Waals surface area contributed by atoms with Crippen molar-refractivity contribution >= 4 is 11.7 Å². The highest BCUT2D eigenvalue weighted by Gasteiger charge is 2.14. The molecule has 7 nitrogen and oxygen atoms in total. The van der Waals surface area contributed by atoms with Crippen molar-refractivity contribution in [2.24, 2.45) is 0 Å². The standard InChI is InChI=1S/C14H15N5O2.ClH/c15-13-12(18-21-19-13)14(20)17-10-9-16-8-4-7-11-5-2-1-3-6-11;/h1-3,5-6,16H,8-10H2,(H2,15,19)(H,17,20);1H/p-1. The highest BCUT2D eigenvalue weighted by atomic mass is 35.5. The number of benzene rings is 1. The molecule has 1 aromatic heterocycles. The first kappa shape index (κ1) is 17.5. The third-order valence-corrected chi connectivity index (χ3v) is 2.54. The summed E-state index contributed by atoms with van der Waals surface area (Å²) in [7, 11) is 0. The van der Waals surface area contributed by atoms with E-state index < -0.39 is 5.91 Å². The molecule has 4 N–H and O–H groups in total.